The van der Waals surface area contributed by atoms with E-state index in [1.54, 1.807) is 0 Å². The van der Waals surface area contributed by atoms with E-state index < -0.39 is 0 Å². The van der Waals surface area contributed by atoms with Gasteiger partial charge in [-0.15, -0.1) is 6.42 Å². The van der Waals surface area contributed by atoms with Gasteiger partial charge in [-0.25, -0.2) is 0 Å². The molecular formula is C12H19NO. The van der Waals surface area contributed by atoms with Crippen molar-refractivity contribution in [1.82, 2.24) is 5.32 Å². The molecule has 2 rings (SSSR count). The number of ether oxygens (including phenoxy) is 1. The summed E-state index contributed by atoms with van der Waals surface area (Å²) in [5.74, 6) is 2.80. The molecule has 1 spiro atoms. The minimum absolute atomic E-state index is 0.266. The second-order valence-corrected chi connectivity index (χ2v) is 4.53. The summed E-state index contributed by atoms with van der Waals surface area (Å²) in [5, 5.41) is 3.56. The average Bonchev–Trinajstić information content (AvgIpc) is 2.88. The van der Waals surface area contributed by atoms with Crippen LogP contribution in [0.15, 0.2) is 0 Å². The number of hydrogen-bond donors (Lipinski definition) is 1. The van der Waals surface area contributed by atoms with Crippen molar-refractivity contribution in [2.45, 2.75) is 44.7 Å². The van der Waals surface area contributed by atoms with Crippen LogP contribution in [0.1, 0.15) is 32.6 Å². The Bertz CT molecular complexity index is 237. The maximum atomic E-state index is 5.44. The van der Waals surface area contributed by atoms with Gasteiger partial charge in [-0.05, 0) is 31.1 Å². The molecule has 2 fully saturated rings. The van der Waals surface area contributed by atoms with Gasteiger partial charge < -0.3 is 10.1 Å². The second-order valence-electron chi connectivity index (χ2n) is 4.53. The predicted octanol–water partition coefficient (Wildman–Crippen LogP) is 1.56. The SMILES string of the molecule is C#CC(CC)NC1CC12CCOCC2. The summed E-state index contributed by atoms with van der Waals surface area (Å²) in [7, 11) is 0. The van der Waals surface area contributed by atoms with Crippen molar-refractivity contribution in [2.24, 2.45) is 5.41 Å². The Labute approximate surface area is 86.4 Å². The number of hydrogen-bond acceptors (Lipinski definition) is 2. The van der Waals surface area contributed by atoms with Crippen molar-refractivity contribution in [3.63, 3.8) is 0 Å². The normalized spacial score (nSPS) is 31.0. The van der Waals surface area contributed by atoms with Gasteiger partial charge in [0.15, 0.2) is 0 Å². The highest BCUT2D eigenvalue weighted by atomic mass is 16.5. The van der Waals surface area contributed by atoms with Gasteiger partial charge in [0, 0.05) is 19.3 Å². The van der Waals surface area contributed by atoms with Crippen LogP contribution in [0.3, 0.4) is 0 Å². The molecule has 0 aromatic heterocycles. The van der Waals surface area contributed by atoms with Crippen molar-refractivity contribution in [2.75, 3.05) is 13.2 Å². The molecule has 2 nitrogen and oxygen atoms in total. The third kappa shape index (κ3) is 1.80. The van der Waals surface area contributed by atoms with E-state index in [1.807, 2.05) is 0 Å². The third-order valence-corrected chi connectivity index (χ3v) is 3.69. The first-order valence-electron chi connectivity index (χ1n) is 5.60. The lowest BCUT2D eigenvalue weighted by Gasteiger charge is -2.24. The standard InChI is InChI=1S/C12H19NO/c1-3-10(4-2)13-11-9-12(11)5-7-14-8-6-12/h1,10-11,13H,4-9H2,2H3. The summed E-state index contributed by atoms with van der Waals surface area (Å²) in [5.41, 5.74) is 0.544. The molecule has 0 bridgehead atoms. The smallest absolute Gasteiger partial charge is 0.0686 e. The summed E-state index contributed by atoms with van der Waals surface area (Å²) in [4.78, 5) is 0. The molecule has 1 aliphatic heterocycles. The molecule has 1 heterocycles. The fraction of sp³-hybridized carbons (Fsp3) is 0.833. The van der Waals surface area contributed by atoms with Gasteiger partial charge in [0.2, 0.25) is 0 Å². The number of terminal acetylenes is 1. The zero-order valence-corrected chi connectivity index (χ0v) is 8.88. The average molecular weight is 193 g/mol. The van der Waals surface area contributed by atoms with Crippen molar-refractivity contribution >= 4 is 0 Å². The highest BCUT2D eigenvalue weighted by Crippen LogP contribution is 2.53. The lowest BCUT2D eigenvalue weighted by atomic mass is 9.96. The fourth-order valence-corrected chi connectivity index (χ4v) is 2.44. The Morgan fingerprint density at radius 1 is 1.57 bits per heavy atom. The summed E-state index contributed by atoms with van der Waals surface area (Å²) in [6, 6.07) is 0.926. The zero-order chi connectivity index (χ0) is 10.0. The van der Waals surface area contributed by atoms with Crippen molar-refractivity contribution in [3.8, 4) is 12.3 Å². The number of rotatable bonds is 3. The molecule has 78 valence electrons. The van der Waals surface area contributed by atoms with Gasteiger partial charge in [0.05, 0.1) is 6.04 Å². The van der Waals surface area contributed by atoms with Gasteiger partial charge in [0.1, 0.15) is 0 Å². The highest BCUT2D eigenvalue weighted by molar-refractivity contribution is 5.12. The van der Waals surface area contributed by atoms with Crippen LogP contribution in [0, 0.1) is 17.8 Å². The maximum Gasteiger partial charge on any atom is 0.0686 e. The lowest BCUT2D eigenvalue weighted by molar-refractivity contribution is 0.0540. The second kappa shape index (κ2) is 3.92. The molecular weight excluding hydrogens is 174 g/mol. The van der Waals surface area contributed by atoms with Gasteiger partial charge in [-0.2, -0.15) is 0 Å². The van der Waals surface area contributed by atoms with E-state index in [0.29, 0.717) is 11.5 Å². The van der Waals surface area contributed by atoms with Crippen LogP contribution in [-0.2, 0) is 4.74 Å². The molecule has 1 saturated carbocycles. The Morgan fingerprint density at radius 3 is 2.86 bits per heavy atom. The Balaban J connectivity index is 1.83. The molecule has 2 aliphatic rings. The highest BCUT2D eigenvalue weighted by Gasteiger charge is 2.54. The number of nitrogens with one attached hydrogen (secondary N) is 1. The molecule has 0 aromatic rings. The van der Waals surface area contributed by atoms with E-state index in [-0.39, 0.29) is 6.04 Å². The van der Waals surface area contributed by atoms with E-state index in [1.165, 1.54) is 19.3 Å². The van der Waals surface area contributed by atoms with E-state index in [4.69, 9.17) is 11.2 Å². The Kier molecular flexibility index (Phi) is 2.80. The third-order valence-electron chi connectivity index (χ3n) is 3.69. The van der Waals surface area contributed by atoms with Crippen LogP contribution in [0.2, 0.25) is 0 Å². The van der Waals surface area contributed by atoms with Crippen molar-refractivity contribution < 1.29 is 4.74 Å². The van der Waals surface area contributed by atoms with E-state index in [9.17, 15) is 0 Å². The molecule has 2 heteroatoms. The van der Waals surface area contributed by atoms with Gasteiger partial charge in [0.25, 0.3) is 0 Å². The quantitative estimate of drug-likeness (QED) is 0.687. The van der Waals surface area contributed by atoms with Crippen LogP contribution >= 0.6 is 0 Å². The molecule has 1 saturated heterocycles. The molecule has 1 N–H and O–H groups in total. The van der Waals surface area contributed by atoms with E-state index >= 15 is 0 Å². The summed E-state index contributed by atoms with van der Waals surface area (Å²) in [6.07, 6.45) is 10.2. The molecule has 0 radical (unpaired) electrons. The minimum atomic E-state index is 0.266. The molecule has 1 aliphatic carbocycles. The van der Waals surface area contributed by atoms with Gasteiger partial charge in [-0.1, -0.05) is 12.8 Å². The summed E-state index contributed by atoms with van der Waals surface area (Å²) >= 11 is 0. The molecule has 2 atom stereocenters. The van der Waals surface area contributed by atoms with Gasteiger partial charge >= 0.3 is 0 Å². The molecule has 2 unspecified atom stereocenters. The summed E-state index contributed by atoms with van der Waals surface area (Å²) < 4.78 is 5.38. The maximum absolute atomic E-state index is 5.44. The predicted molar refractivity (Wildman–Crippen MR) is 56.9 cm³/mol. The van der Waals surface area contributed by atoms with Crippen molar-refractivity contribution in [3.05, 3.63) is 0 Å². The van der Waals surface area contributed by atoms with Crippen LogP contribution in [0.4, 0.5) is 0 Å². The minimum Gasteiger partial charge on any atom is -0.381 e. The Hall–Kier alpha value is -0.520. The fourth-order valence-electron chi connectivity index (χ4n) is 2.44. The van der Waals surface area contributed by atoms with Gasteiger partial charge in [-0.3, -0.25) is 0 Å². The topological polar surface area (TPSA) is 21.3 Å². The van der Waals surface area contributed by atoms with Crippen LogP contribution in [-0.4, -0.2) is 25.3 Å². The van der Waals surface area contributed by atoms with E-state index in [0.717, 1.165) is 19.6 Å². The Morgan fingerprint density at radius 2 is 2.29 bits per heavy atom. The first-order valence-corrected chi connectivity index (χ1v) is 5.60. The van der Waals surface area contributed by atoms with Crippen LogP contribution in [0.5, 0.6) is 0 Å². The van der Waals surface area contributed by atoms with Crippen LogP contribution in [0.25, 0.3) is 0 Å². The molecule has 0 amide bonds. The zero-order valence-electron chi connectivity index (χ0n) is 8.88. The van der Waals surface area contributed by atoms with E-state index in [2.05, 4.69) is 18.2 Å². The first kappa shape index (κ1) is 10.0. The van der Waals surface area contributed by atoms with Crippen molar-refractivity contribution in [1.29, 1.82) is 0 Å². The molecule has 14 heavy (non-hydrogen) atoms. The molecule has 0 aromatic carbocycles. The first-order chi connectivity index (χ1) is 6.80. The lowest BCUT2D eigenvalue weighted by Crippen LogP contribution is -2.34. The van der Waals surface area contributed by atoms with Crippen LogP contribution < -0.4 is 5.32 Å². The largest absolute Gasteiger partial charge is 0.381 e. The summed E-state index contributed by atoms with van der Waals surface area (Å²) in [6.45, 7) is 4.01. The monoisotopic (exact) mass is 193 g/mol.